The number of nitrogens with zero attached hydrogens (tertiary/aromatic N) is 1. The number of rotatable bonds is 3. The number of benzene rings is 1. The Kier molecular flexibility index (Phi) is 3.75. The van der Waals surface area contributed by atoms with E-state index in [1.165, 1.54) is 0 Å². The number of anilines is 1. The van der Waals surface area contributed by atoms with Crippen molar-refractivity contribution in [2.24, 2.45) is 0 Å². The number of hydrogen-bond acceptors (Lipinski definition) is 4. The van der Waals surface area contributed by atoms with Gasteiger partial charge in [-0.05, 0) is 39.8 Å². The fourth-order valence-corrected chi connectivity index (χ4v) is 2.62. The van der Waals surface area contributed by atoms with Crippen LogP contribution in [0.2, 0.25) is 0 Å². The molecule has 0 spiro atoms. The van der Waals surface area contributed by atoms with Crippen LogP contribution in [-0.2, 0) is 4.79 Å². The normalized spacial score (nSPS) is 13.3. The predicted molar refractivity (Wildman–Crippen MR) is 80.6 cm³/mol. The quantitative estimate of drug-likeness (QED) is 0.906. The van der Waals surface area contributed by atoms with Gasteiger partial charge in [-0.25, -0.2) is 4.98 Å². The summed E-state index contributed by atoms with van der Waals surface area (Å²) in [7, 11) is 0. The second-order valence-corrected chi connectivity index (χ2v) is 6.62. The van der Waals surface area contributed by atoms with Crippen LogP contribution in [-0.4, -0.2) is 22.5 Å². The number of para-hydroxylation sites is 1. The average Bonchev–Trinajstić information content (AvgIpc) is 2.68. The Morgan fingerprint density at radius 1 is 1.32 bits per heavy atom. The molecule has 5 heteroatoms. The van der Waals surface area contributed by atoms with E-state index in [4.69, 9.17) is 0 Å². The summed E-state index contributed by atoms with van der Waals surface area (Å²) in [6, 6.07) is 7.64. The van der Waals surface area contributed by atoms with E-state index in [1.54, 1.807) is 11.3 Å². The topological polar surface area (TPSA) is 54.0 Å². The molecule has 0 fully saturated rings. The van der Waals surface area contributed by atoms with E-state index in [2.05, 4.69) is 15.6 Å². The van der Waals surface area contributed by atoms with Crippen molar-refractivity contribution in [3.63, 3.8) is 0 Å². The third-order valence-corrected chi connectivity index (χ3v) is 3.49. The molecule has 0 saturated heterocycles. The van der Waals surface area contributed by atoms with Crippen molar-refractivity contribution in [1.82, 2.24) is 10.3 Å². The van der Waals surface area contributed by atoms with Gasteiger partial charge in [-0.15, -0.1) is 0 Å². The van der Waals surface area contributed by atoms with Gasteiger partial charge in [0.15, 0.2) is 5.13 Å². The van der Waals surface area contributed by atoms with Crippen LogP contribution in [0, 0.1) is 0 Å². The molecular formula is C14H19N3OS. The maximum atomic E-state index is 12.0. The van der Waals surface area contributed by atoms with Crippen molar-refractivity contribution in [2.75, 3.05) is 5.32 Å². The molecule has 1 unspecified atom stereocenters. The molecule has 0 aliphatic rings. The fraction of sp³-hybridized carbons (Fsp3) is 0.429. The van der Waals surface area contributed by atoms with Crippen LogP contribution in [0.15, 0.2) is 24.3 Å². The molecular weight excluding hydrogens is 258 g/mol. The lowest BCUT2D eigenvalue weighted by Crippen LogP contribution is -2.47. The molecule has 102 valence electrons. The molecule has 0 aliphatic carbocycles. The summed E-state index contributed by atoms with van der Waals surface area (Å²) in [6.45, 7) is 7.74. The highest BCUT2D eigenvalue weighted by Gasteiger charge is 2.19. The van der Waals surface area contributed by atoms with Gasteiger partial charge in [-0.3, -0.25) is 4.79 Å². The van der Waals surface area contributed by atoms with E-state index in [0.29, 0.717) is 0 Å². The molecule has 4 nitrogen and oxygen atoms in total. The molecule has 19 heavy (non-hydrogen) atoms. The third kappa shape index (κ3) is 3.67. The van der Waals surface area contributed by atoms with Crippen LogP contribution in [0.4, 0.5) is 5.13 Å². The van der Waals surface area contributed by atoms with Gasteiger partial charge < -0.3 is 10.6 Å². The first kappa shape index (κ1) is 13.8. The van der Waals surface area contributed by atoms with Crippen LogP contribution in [0.3, 0.4) is 0 Å². The first-order chi connectivity index (χ1) is 8.85. The summed E-state index contributed by atoms with van der Waals surface area (Å²) in [6.07, 6.45) is 0. The summed E-state index contributed by atoms with van der Waals surface area (Å²) in [4.78, 5) is 16.4. The molecule has 1 heterocycles. The Hall–Kier alpha value is -1.62. The lowest BCUT2D eigenvalue weighted by Gasteiger charge is -2.23. The zero-order chi connectivity index (χ0) is 14.0. The maximum Gasteiger partial charge on any atom is 0.242 e. The van der Waals surface area contributed by atoms with Crippen molar-refractivity contribution in [3.05, 3.63) is 24.3 Å². The van der Waals surface area contributed by atoms with Crippen LogP contribution < -0.4 is 10.6 Å². The van der Waals surface area contributed by atoms with Gasteiger partial charge in [0.1, 0.15) is 6.04 Å². The minimum absolute atomic E-state index is 0.0215. The lowest BCUT2D eigenvalue weighted by atomic mass is 10.1. The van der Waals surface area contributed by atoms with Crippen molar-refractivity contribution in [1.29, 1.82) is 0 Å². The molecule has 2 N–H and O–H groups in total. The number of fused-ring (bicyclic) bond motifs is 1. The molecule has 1 amide bonds. The minimum atomic E-state index is -0.306. The smallest absolute Gasteiger partial charge is 0.242 e. The molecule has 2 aromatic rings. The van der Waals surface area contributed by atoms with Crippen LogP contribution in [0.1, 0.15) is 27.7 Å². The highest BCUT2D eigenvalue weighted by atomic mass is 32.1. The Labute approximate surface area is 117 Å². The van der Waals surface area contributed by atoms with Gasteiger partial charge in [0.05, 0.1) is 10.2 Å². The molecule has 1 atom stereocenters. The van der Waals surface area contributed by atoms with Gasteiger partial charge in [-0.1, -0.05) is 23.5 Å². The highest BCUT2D eigenvalue weighted by Crippen LogP contribution is 2.25. The highest BCUT2D eigenvalue weighted by molar-refractivity contribution is 7.22. The Morgan fingerprint density at radius 2 is 2.00 bits per heavy atom. The van der Waals surface area contributed by atoms with Gasteiger partial charge in [0.2, 0.25) is 5.91 Å². The summed E-state index contributed by atoms with van der Waals surface area (Å²) >= 11 is 1.56. The lowest BCUT2D eigenvalue weighted by molar-refractivity contribution is -0.122. The standard InChI is InChI=1S/C14H19N3OS/c1-9(12(18)17-14(2,3)4)15-13-16-10-7-5-6-8-11(10)19-13/h5-9H,1-4H3,(H,15,16)(H,17,18). The molecule has 0 radical (unpaired) electrons. The maximum absolute atomic E-state index is 12.0. The summed E-state index contributed by atoms with van der Waals surface area (Å²) < 4.78 is 1.12. The van der Waals surface area contributed by atoms with Crippen molar-refractivity contribution in [3.8, 4) is 0 Å². The van der Waals surface area contributed by atoms with Crippen molar-refractivity contribution >= 4 is 32.6 Å². The SMILES string of the molecule is CC(Nc1nc2ccccc2s1)C(=O)NC(C)(C)C. The first-order valence-electron chi connectivity index (χ1n) is 6.29. The average molecular weight is 277 g/mol. The summed E-state index contributed by atoms with van der Waals surface area (Å²) in [5, 5.41) is 6.87. The van der Waals surface area contributed by atoms with Gasteiger partial charge in [0.25, 0.3) is 0 Å². The number of carbonyl (C=O) groups excluding carboxylic acids is 1. The number of amides is 1. The minimum Gasteiger partial charge on any atom is -0.350 e. The Bertz CT molecular complexity index is 553. The predicted octanol–water partition coefficient (Wildman–Crippen LogP) is 3.01. The molecule has 0 bridgehead atoms. The summed E-state index contributed by atoms with van der Waals surface area (Å²) in [5.74, 6) is -0.0215. The molecule has 1 aromatic heterocycles. The zero-order valence-corrected chi connectivity index (χ0v) is 12.5. The number of thiazole rings is 1. The van der Waals surface area contributed by atoms with Crippen LogP contribution in [0.25, 0.3) is 10.2 Å². The third-order valence-electron chi connectivity index (χ3n) is 2.53. The number of nitrogens with one attached hydrogen (secondary N) is 2. The van der Waals surface area contributed by atoms with E-state index in [0.717, 1.165) is 15.3 Å². The number of hydrogen-bond donors (Lipinski definition) is 2. The van der Waals surface area contributed by atoms with Crippen molar-refractivity contribution < 1.29 is 4.79 Å². The van der Waals surface area contributed by atoms with Gasteiger partial charge in [0, 0.05) is 5.54 Å². The second-order valence-electron chi connectivity index (χ2n) is 5.59. The monoisotopic (exact) mass is 277 g/mol. The number of carbonyl (C=O) groups is 1. The first-order valence-corrected chi connectivity index (χ1v) is 7.11. The zero-order valence-electron chi connectivity index (χ0n) is 11.7. The van der Waals surface area contributed by atoms with E-state index in [1.807, 2.05) is 52.0 Å². The molecule has 0 saturated carbocycles. The van der Waals surface area contributed by atoms with Crippen LogP contribution in [0.5, 0.6) is 0 Å². The van der Waals surface area contributed by atoms with Gasteiger partial charge >= 0.3 is 0 Å². The van der Waals surface area contributed by atoms with E-state index >= 15 is 0 Å². The second kappa shape index (κ2) is 5.17. The van der Waals surface area contributed by atoms with Crippen LogP contribution >= 0.6 is 11.3 Å². The fourth-order valence-electron chi connectivity index (χ4n) is 1.66. The van der Waals surface area contributed by atoms with E-state index < -0.39 is 0 Å². The van der Waals surface area contributed by atoms with E-state index in [9.17, 15) is 4.79 Å². The Morgan fingerprint density at radius 3 is 2.63 bits per heavy atom. The molecule has 2 rings (SSSR count). The largest absolute Gasteiger partial charge is 0.350 e. The number of aromatic nitrogens is 1. The molecule has 0 aliphatic heterocycles. The van der Waals surface area contributed by atoms with E-state index in [-0.39, 0.29) is 17.5 Å². The molecule has 1 aromatic carbocycles. The summed E-state index contributed by atoms with van der Waals surface area (Å²) in [5.41, 5.74) is 0.735. The van der Waals surface area contributed by atoms with Crippen molar-refractivity contribution in [2.45, 2.75) is 39.3 Å². The Balaban J connectivity index is 2.06. The van der Waals surface area contributed by atoms with Gasteiger partial charge in [-0.2, -0.15) is 0 Å².